The van der Waals surface area contributed by atoms with E-state index in [0.717, 1.165) is 17.7 Å². The summed E-state index contributed by atoms with van der Waals surface area (Å²) < 4.78 is 33.5. The van der Waals surface area contributed by atoms with Gasteiger partial charge in [0.1, 0.15) is 23.2 Å². The van der Waals surface area contributed by atoms with E-state index in [9.17, 15) is 8.78 Å². The Balaban J connectivity index is 1.48. The first kappa shape index (κ1) is 18.4. The maximum Gasteiger partial charge on any atom is 0.165 e. The third-order valence-corrected chi connectivity index (χ3v) is 5.13. The van der Waals surface area contributed by atoms with Crippen molar-refractivity contribution in [3.63, 3.8) is 0 Å². The van der Waals surface area contributed by atoms with Crippen molar-refractivity contribution in [3.05, 3.63) is 83.4 Å². The first-order valence-electron chi connectivity index (χ1n) is 9.66. The van der Waals surface area contributed by atoms with Gasteiger partial charge in [-0.05, 0) is 48.9 Å². The van der Waals surface area contributed by atoms with Gasteiger partial charge in [0.25, 0.3) is 0 Å². The molecule has 0 atom stereocenters. The van der Waals surface area contributed by atoms with Crippen molar-refractivity contribution in [1.82, 2.24) is 15.0 Å². The Morgan fingerprint density at radius 3 is 2.77 bits per heavy atom. The third-order valence-electron chi connectivity index (χ3n) is 5.13. The molecular formula is C23H18F2N4O. The van der Waals surface area contributed by atoms with Crippen LogP contribution in [0, 0.1) is 18.6 Å². The van der Waals surface area contributed by atoms with Gasteiger partial charge in [-0.3, -0.25) is 4.98 Å². The summed E-state index contributed by atoms with van der Waals surface area (Å²) in [5.41, 5.74) is 2.64. The fourth-order valence-electron chi connectivity index (χ4n) is 3.73. The van der Waals surface area contributed by atoms with Crippen molar-refractivity contribution in [1.29, 1.82) is 0 Å². The number of halogens is 2. The second kappa shape index (κ2) is 7.33. The molecule has 0 saturated heterocycles. The van der Waals surface area contributed by atoms with Gasteiger partial charge in [-0.2, -0.15) is 0 Å². The second-order valence-corrected chi connectivity index (χ2v) is 7.24. The average molecular weight is 404 g/mol. The van der Waals surface area contributed by atoms with E-state index in [-0.39, 0.29) is 11.6 Å². The molecule has 4 aromatic rings. The summed E-state index contributed by atoms with van der Waals surface area (Å²) in [6.07, 6.45) is 2.33. The SMILES string of the molecule is Cc1nc(N2CCc3ncc(Oc4ccccc4F)cc3C2)c2cc(F)ccc2n1. The van der Waals surface area contributed by atoms with Crippen LogP contribution in [0.3, 0.4) is 0 Å². The maximum absolute atomic E-state index is 13.9. The largest absolute Gasteiger partial charge is 0.453 e. The Morgan fingerprint density at radius 1 is 1.03 bits per heavy atom. The van der Waals surface area contributed by atoms with Gasteiger partial charge in [0.15, 0.2) is 11.6 Å². The molecule has 0 N–H and O–H groups in total. The topological polar surface area (TPSA) is 51.1 Å². The van der Waals surface area contributed by atoms with E-state index >= 15 is 0 Å². The summed E-state index contributed by atoms with van der Waals surface area (Å²) >= 11 is 0. The standard InChI is InChI=1S/C23H18F2N4O/c1-14-27-21-7-6-16(24)11-18(21)23(28-14)29-9-8-20-15(13-29)10-17(12-26-20)30-22-5-3-2-4-19(22)25/h2-7,10-12H,8-9,13H2,1H3. The van der Waals surface area contributed by atoms with E-state index in [2.05, 4.69) is 19.9 Å². The summed E-state index contributed by atoms with van der Waals surface area (Å²) in [6, 6.07) is 12.7. The molecule has 0 fully saturated rings. The fraction of sp³-hybridized carbons (Fsp3) is 0.174. The molecule has 0 bridgehead atoms. The van der Waals surface area contributed by atoms with E-state index < -0.39 is 5.82 Å². The number of para-hydroxylation sites is 1. The molecule has 0 aliphatic carbocycles. The Morgan fingerprint density at radius 2 is 1.90 bits per heavy atom. The van der Waals surface area contributed by atoms with Crippen LogP contribution in [0.1, 0.15) is 17.1 Å². The van der Waals surface area contributed by atoms with E-state index in [1.165, 1.54) is 18.2 Å². The van der Waals surface area contributed by atoms with Crippen molar-refractivity contribution in [2.45, 2.75) is 19.9 Å². The molecule has 0 radical (unpaired) electrons. The second-order valence-electron chi connectivity index (χ2n) is 7.24. The van der Waals surface area contributed by atoms with Gasteiger partial charge in [-0.25, -0.2) is 18.7 Å². The number of aryl methyl sites for hydroxylation is 1. The Labute approximate surface area is 172 Å². The minimum absolute atomic E-state index is 0.153. The molecule has 150 valence electrons. The molecule has 5 rings (SSSR count). The van der Waals surface area contributed by atoms with E-state index in [0.29, 0.717) is 41.4 Å². The quantitative estimate of drug-likeness (QED) is 0.483. The van der Waals surface area contributed by atoms with Gasteiger partial charge in [0.05, 0.1) is 11.7 Å². The number of hydrogen-bond donors (Lipinski definition) is 0. The summed E-state index contributed by atoms with van der Waals surface area (Å²) in [4.78, 5) is 15.6. The zero-order valence-electron chi connectivity index (χ0n) is 16.3. The third kappa shape index (κ3) is 3.43. The molecule has 0 unspecified atom stereocenters. The molecule has 1 aliphatic rings. The molecule has 0 amide bonds. The summed E-state index contributed by atoms with van der Waals surface area (Å²) in [7, 11) is 0. The number of nitrogens with zero attached hydrogens (tertiary/aromatic N) is 4. The summed E-state index contributed by atoms with van der Waals surface area (Å²) in [5, 5.41) is 0.677. The highest BCUT2D eigenvalue weighted by Crippen LogP contribution is 2.31. The van der Waals surface area contributed by atoms with Crippen LogP contribution in [0.2, 0.25) is 0 Å². The van der Waals surface area contributed by atoms with E-state index in [1.807, 2.05) is 13.0 Å². The monoisotopic (exact) mass is 404 g/mol. The zero-order valence-corrected chi connectivity index (χ0v) is 16.3. The molecule has 5 nitrogen and oxygen atoms in total. The normalized spacial score (nSPS) is 13.4. The minimum Gasteiger partial charge on any atom is -0.453 e. The van der Waals surface area contributed by atoms with Gasteiger partial charge in [-0.1, -0.05) is 12.1 Å². The number of hydrogen-bond acceptors (Lipinski definition) is 5. The highest BCUT2D eigenvalue weighted by atomic mass is 19.1. The van der Waals surface area contributed by atoms with Crippen LogP contribution in [0.5, 0.6) is 11.5 Å². The molecule has 0 saturated carbocycles. The fourth-order valence-corrected chi connectivity index (χ4v) is 3.73. The van der Waals surface area contributed by atoms with Crippen LogP contribution < -0.4 is 9.64 Å². The number of pyridine rings is 1. The summed E-state index contributed by atoms with van der Waals surface area (Å²) in [5.74, 6) is 1.20. The number of ether oxygens (including phenoxy) is 1. The number of rotatable bonds is 3. The highest BCUT2D eigenvalue weighted by molar-refractivity contribution is 5.89. The predicted molar refractivity (Wildman–Crippen MR) is 110 cm³/mol. The van der Waals surface area contributed by atoms with Crippen molar-refractivity contribution in [2.75, 3.05) is 11.4 Å². The van der Waals surface area contributed by atoms with Crippen LogP contribution >= 0.6 is 0 Å². The highest BCUT2D eigenvalue weighted by Gasteiger charge is 2.22. The smallest absolute Gasteiger partial charge is 0.165 e. The lowest BCUT2D eigenvalue weighted by Crippen LogP contribution is -2.32. The Hall–Kier alpha value is -3.61. The predicted octanol–water partition coefficient (Wildman–Crippen LogP) is 4.97. The molecular weight excluding hydrogens is 386 g/mol. The lowest BCUT2D eigenvalue weighted by molar-refractivity contribution is 0.439. The molecule has 0 spiro atoms. The van der Waals surface area contributed by atoms with Gasteiger partial charge >= 0.3 is 0 Å². The van der Waals surface area contributed by atoms with Crippen molar-refractivity contribution in [2.24, 2.45) is 0 Å². The van der Waals surface area contributed by atoms with Crippen LogP contribution in [-0.4, -0.2) is 21.5 Å². The first-order chi connectivity index (χ1) is 14.6. The Kier molecular flexibility index (Phi) is 4.50. The molecule has 2 aromatic carbocycles. The lowest BCUT2D eigenvalue weighted by Gasteiger charge is -2.30. The van der Waals surface area contributed by atoms with Crippen LogP contribution in [-0.2, 0) is 13.0 Å². The number of aromatic nitrogens is 3. The van der Waals surface area contributed by atoms with Gasteiger partial charge in [0.2, 0.25) is 0 Å². The lowest BCUT2D eigenvalue weighted by atomic mass is 10.0. The Bertz CT molecular complexity index is 1260. The van der Waals surface area contributed by atoms with E-state index in [1.54, 1.807) is 30.5 Å². The van der Waals surface area contributed by atoms with Crippen molar-refractivity contribution >= 4 is 16.7 Å². The minimum atomic E-state index is -0.429. The number of benzene rings is 2. The van der Waals surface area contributed by atoms with E-state index in [4.69, 9.17) is 4.74 Å². The zero-order chi connectivity index (χ0) is 20.7. The maximum atomic E-state index is 13.9. The van der Waals surface area contributed by atoms with Crippen LogP contribution in [0.4, 0.5) is 14.6 Å². The molecule has 3 heterocycles. The number of fused-ring (bicyclic) bond motifs is 2. The number of anilines is 1. The average Bonchev–Trinajstić information content (AvgIpc) is 2.74. The molecule has 7 heteroatoms. The van der Waals surface area contributed by atoms with Gasteiger partial charge < -0.3 is 9.64 Å². The van der Waals surface area contributed by atoms with Crippen molar-refractivity contribution < 1.29 is 13.5 Å². The first-order valence-corrected chi connectivity index (χ1v) is 9.66. The molecule has 2 aromatic heterocycles. The molecule has 1 aliphatic heterocycles. The molecule has 30 heavy (non-hydrogen) atoms. The van der Waals surface area contributed by atoms with Gasteiger partial charge in [-0.15, -0.1) is 0 Å². The van der Waals surface area contributed by atoms with Crippen LogP contribution in [0.25, 0.3) is 10.9 Å². The summed E-state index contributed by atoms with van der Waals surface area (Å²) in [6.45, 7) is 3.07. The van der Waals surface area contributed by atoms with Crippen LogP contribution in [0.15, 0.2) is 54.7 Å². The van der Waals surface area contributed by atoms with Gasteiger partial charge in [0, 0.05) is 30.6 Å². The van der Waals surface area contributed by atoms with Crippen molar-refractivity contribution in [3.8, 4) is 11.5 Å².